The van der Waals surface area contributed by atoms with E-state index in [2.05, 4.69) is 26.9 Å². The molecule has 0 aromatic carbocycles. The van der Waals surface area contributed by atoms with E-state index in [1.165, 1.54) is 13.3 Å². The average Bonchev–Trinajstić information content (AvgIpc) is 2.49. The summed E-state index contributed by atoms with van der Waals surface area (Å²) >= 11 is 0. The largest absolute Gasteiger partial charge is 0.467 e. The number of aromatic nitrogens is 1. The lowest BCUT2D eigenvalue weighted by molar-refractivity contribution is -0.144. The van der Waals surface area contributed by atoms with Crippen LogP contribution in [0.2, 0.25) is 0 Å². The highest BCUT2D eigenvalue weighted by Gasteiger charge is 2.25. The molecular formula is C15H19N3O3. The first-order valence-electron chi connectivity index (χ1n) is 6.53. The fourth-order valence-electron chi connectivity index (χ4n) is 1.60. The van der Waals surface area contributed by atoms with Gasteiger partial charge in [0.2, 0.25) is 0 Å². The summed E-state index contributed by atoms with van der Waals surface area (Å²) in [5.74, 6) is 4.51. The summed E-state index contributed by atoms with van der Waals surface area (Å²) in [4.78, 5) is 27.7. The molecule has 1 amide bonds. The van der Waals surface area contributed by atoms with E-state index in [4.69, 9.17) is 5.73 Å². The number of methoxy groups -OCH3 is 1. The molecule has 1 aromatic rings. The highest BCUT2D eigenvalue weighted by atomic mass is 16.5. The zero-order chi connectivity index (χ0) is 15.8. The van der Waals surface area contributed by atoms with Crippen LogP contribution in [0.25, 0.3) is 0 Å². The van der Waals surface area contributed by atoms with Gasteiger partial charge in [0.15, 0.2) is 0 Å². The summed E-state index contributed by atoms with van der Waals surface area (Å²) in [5.41, 5.74) is 6.16. The van der Waals surface area contributed by atoms with Crippen molar-refractivity contribution in [1.82, 2.24) is 10.3 Å². The molecule has 0 aliphatic heterocycles. The minimum absolute atomic E-state index is 0.0869. The smallest absolute Gasteiger partial charge is 0.328 e. The standard InChI is InChI=1S/C15H19N3O3/c1-10(2)13(15(20)21-3)18-14(19)12-7-6-11(9-17-12)5-4-8-16/h6-7,9-10,13H,8,16H2,1-3H3,(H,18,19). The van der Waals surface area contributed by atoms with Crippen LogP contribution in [-0.4, -0.2) is 36.6 Å². The fourth-order valence-corrected chi connectivity index (χ4v) is 1.60. The molecule has 0 aliphatic rings. The fraction of sp³-hybridized carbons (Fsp3) is 0.400. The predicted octanol–water partition coefficient (Wildman–Crippen LogP) is 0.319. The van der Waals surface area contributed by atoms with Gasteiger partial charge in [-0.05, 0) is 18.1 Å². The summed E-state index contributed by atoms with van der Waals surface area (Å²) in [7, 11) is 1.28. The highest BCUT2D eigenvalue weighted by Crippen LogP contribution is 2.06. The molecule has 0 saturated heterocycles. The second-order valence-corrected chi connectivity index (χ2v) is 4.66. The first kappa shape index (κ1) is 16.7. The molecule has 3 N–H and O–H groups in total. The number of nitrogens with one attached hydrogen (secondary N) is 1. The molecule has 0 bridgehead atoms. The van der Waals surface area contributed by atoms with Gasteiger partial charge in [0.05, 0.1) is 13.7 Å². The van der Waals surface area contributed by atoms with Gasteiger partial charge in [0.25, 0.3) is 5.91 Å². The van der Waals surface area contributed by atoms with Crippen LogP contribution in [0.3, 0.4) is 0 Å². The summed E-state index contributed by atoms with van der Waals surface area (Å²) in [5, 5.41) is 2.61. The van der Waals surface area contributed by atoms with Gasteiger partial charge in [-0.1, -0.05) is 25.7 Å². The first-order valence-corrected chi connectivity index (χ1v) is 6.53. The van der Waals surface area contributed by atoms with Crippen LogP contribution < -0.4 is 11.1 Å². The monoisotopic (exact) mass is 289 g/mol. The Kier molecular flexibility index (Phi) is 6.37. The van der Waals surface area contributed by atoms with Crippen LogP contribution >= 0.6 is 0 Å². The molecule has 1 heterocycles. The summed E-state index contributed by atoms with van der Waals surface area (Å²) in [6, 6.07) is 2.51. The Balaban J connectivity index is 2.81. The van der Waals surface area contributed by atoms with Gasteiger partial charge in [-0.2, -0.15) is 0 Å². The van der Waals surface area contributed by atoms with Gasteiger partial charge < -0.3 is 15.8 Å². The number of hydrogen-bond acceptors (Lipinski definition) is 5. The van der Waals surface area contributed by atoms with Crippen LogP contribution in [-0.2, 0) is 9.53 Å². The van der Waals surface area contributed by atoms with Crippen molar-refractivity contribution < 1.29 is 14.3 Å². The number of amides is 1. The van der Waals surface area contributed by atoms with Crippen molar-refractivity contribution in [2.75, 3.05) is 13.7 Å². The summed E-state index contributed by atoms with van der Waals surface area (Å²) < 4.78 is 4.67. The van der Waals surface area contributed by atoms with Gasteiger partial charge in [0, 0.05) is 11.8 Å². The number of rotatable bonds is 4. The lowest BCUT2D eigenvalue weighted by Crippen LogP contribution is -2.45. The quantitative estimate of drug-likeness (QED) is 0.615. The topological polar surface area (TPSA) is 94.3 Å². The number of pyridine rings is 1. The minimum Gasteiger partial charge on any atom is -0.467 e. The summed E-state index contributed by atoms with van der Waals surface area (Å²) in [6.07, 6.45) is 1.49. The Labute approximate surface area is 124 Å². The molecule has 1 atom stereocenters. The molecule has 0 spiro atoms. The van der Waals surface area contributed by atoms with Gasteiger partial charge in [-0.3, -0.25) is 4.79 Å². The molecule has 1 aromatic heterocycles. The number of hydrogen-bond donors (Lipinski definition) is 2. The Hall–Kier alpha value is -2.39. The number of nitrogens with zero attached hydrogens (tertiary/aromatic N) is 1. The van der Waals surface area contributed by atoms with Crippen LogP contribution in [0.1, 0.15) is 29.9 Å². The molecule has 0 radical (unpaired) electrons. The van der Waals surface area contributed by atoms with Crippen molar-refractivity contribution in [3.05, 3.63) is 29.6 Å². The third-order valence-electron chi connectivity index (χ3n) is 2.74. The number of esters is 1. The second kappa shape index (κ2) is 8.02. The molecule has 0 saturated carbocycles. The number of nitrogens with two attached hydrogens (primary N) is 1. The van der Waals surface area contributed by atoms with Crippen LogP contribution in [0.15, 0.2) is 18.3 Å². The Morgan fingerprint density at radius 1 is 1.43 bits per heavy atom. The van der Waals surface area contributed by atoms with Crippen molar-refractivity contribution in [3.63, 3.8) is 0 Å². The molecule has 21 heavy (non-hydrogen) atoms. The van der Waals surface area contributed by atoms with Gasteiger partial charge >= 0.3 is 5.97 Å². The van der Waals surface area contributed by atoms with E-state index in [9.17, 15) is 9.59 Å². The second-order valence-electron chi connectivity index (χ2n) is 4.66. The number of carbonyl (C=O) groups is 2. The third-order valence-corrected chi connectivity index (χ3v) is 2.74. The van der Waals surface area contributed by atoms with E-state index in [0.29, 0.717) is 5.56 Å². The average molecular weight is 289 g/mol. The molecule has 6 nitrogen and oxygen atoms in total. The highest BCUT2D eigenvalue weighted by molar-refractivity contribution is 5.95. The van der Waals surface area contributed by atoms with E-state index < -0.39 is 17.9 Å². The third kappa shape index (κ3) is 4.89. The van der Waals surface area contributed by atoms with Gasteiger partial charge in [0.1, 0.15) is 11.7 Å². The molecule has 1 unspecified atom stereocenters. The SMILES string of the molecule is COC(=O)C(NC(=O)c1ccc(C#CCN)cn1)C(C)C. The molecular weight excluding hydrogens is 270 g/mol. The van der Waals surface area contributed by atoms with Gasteiger partial charge in [-0.15, -0.1) is 0 Å². The van der Waals surface area contributed by atoms with E-state index in [1.807, 2.05) is 13.8 Å². The van der Waals surface area contributed by atoms with E-state index in [1.54, 1.807) is 12.1 Å². The first-order chi connectivity index (χ1) is 9.99. The Bertz CT molecular complexity index is 556. The lowest BCUT2D eigenvalue weighted by Gasteiger charge is -2.19. The lowest BCUT2D eigenvalue weighted by atomic mass is 10.0. The molecule has 1 rings (SSSR count). The Morgan fingerprint density at radius 2 is 2.14 bits per heavy atom. The molecule has 6 heteroatoms. The normalized spacial score (nSPS) is 11.3. The number of carbonyl (C=O) groups excluding carboxylic acids is 2. The van der Waals surface area contributed by atoms with E-state index in [0.717, 1.165) is 0 Å². The zero-order valence-corrected chi connectivity index (χ0v) is 12.3. The minimum atomic E-state index is -0.707. The van der Waals surface area contributed by atoms with Crippen molar-refractivity contribution >= 4 is 11.9 Å². The molecule has 0 aliphatic carbocycles. The van der Waals surface area contributed by atoms with Crippen molar-refractivity contribution in [2.24, 2.45) is 11.7 Å². The zero-order valence-electron chi connectivity index (χ0n) is 12.3. The van der Waals surface area contributed by atoms with Gasteiger partial charge in [-0.25, -0.2) is 9.78 Å². The number of ether oxygens (including phenoxy) is 1. The van der Waals surface area contributed by atoms with Crippen molar-refractivity contribution in [3.8, 4) is 11.8 Å². The van der Waals surface area contributed by atoms with Crippen LogP contribution in [0.5, 0.6) is 0 Å². The molecule has 0 fully saturated rings. The molecule has 112 valence electrons. The van der Waals surface area contributed by atoms with E-state index >= 15 is 0 Å². The van der Waals surface area contributed by atoms with Crippen molar-refractivity contribution in [2.45, 2.75) is 19.9 Å². The van der Waals surface area contributed by atoms with Crippen molar-refractivity contribution in [1.29, 1.82) is 0 Å². The predicted molar refractivity (Wildman–Crippen MR) is 78.3 cm³/mol. The Morgan fingerprint density at radius 3 is 2.62 bits per heavy atom. The van der Waals surface area contributed by atoms with E-state index in [-0.39, 0.29) is 18.2 Å². The maximum absolute atomic E-state index is 12.1. The van der Waals surface area contributed by atoms with Crippen LogP contribution in [0, 0.1) is 17.8 Å². The van der Waals surface area contributed by atoms with Crippen LogP contribution in [0.4, 0.5) is 0 Å². The summed E-state index contributed by atoms with van der Waals surface area (Å²) in [6.45, 7) is 3.90. The maximum atomic E-state index is 12.1. The maximum Gasteiger partial charge on any atom is 0.328 e.